The number of esters is 1. The van der Waals surface area contributed by atoms with E-state index in [4.69, 9.17) is 4.74 Å². The molecule has 0 aromatic carbocycles. The second-order valence-corrected chi connectivity index (χ2v) is 6.54. The normalized spacial score (nSPS) is 16.6. The Hall–Kier alpha value is -1.46. The maximum absolute atomic E-state index is 12.8. The van der Waals surface area contributed by atoms with Gasteiger partial charge in [0.1, 0.15) is 0 Å². The Balaban J connectivity index is 2.10. The van der Waals surface area contributed by atoms with Gasteiger partial charge in [0, 0.05) is 12.2 Å². The van der Waals surface area contributed by atoms with E-state index in [-0.39, 0.29) is 17.0 Å². The van der Waals surface area contributed by atoms with E-state index in [1.807, 2.05) is 13.8 Å². The third-order valence-corrected chi connectivity index (χ3v) is 4.28. The van der Waals surface area contributed by atoms with Gasteiger partial charge in [0.25, 0.3) is 0 Å². The van der Waals surface area contributed by atoms with Gasteiger partial charge in [-0.15, -0.1) is 0 Å². The predicted molar refractivity (Wildman–Crippen MR) is 79.3 cm³/mol. The first-order valence-electron chi connectivity index (χ1n) is 7.85. The number of aryl methyl sites for hydroxylation is 1. The summed E-state index contributed by atoms with van der Waals surface area (Å²) in [5, 5.41) is 4.27. The Morgan fingerprint density at radius 1 is 1.41 bits per heavy atom. The largest absolute Gasteiger partial charge is 0.461 e. The fourth-order valence-electron chi connectivity index (χ4n) is 2.98. The summed E-state index contributed by atoms with van der Waals surface area (Å²) < 4.78 is 32.6. The van der Waals surface area contributed by atoms with E-state index >= 15 is 0 Å². The van der Waals surface area contributed by atoms with Crippen molar-refractivity contribution in [3.63, 3.8) is 0 Å². The van der Waals surface area contributed by atoms with E-state index in [1.165, 1.54) is 0 Å². The van der Waals surface area contributed by atoms with Gasteiger partial charge in [-0.25, -0.2) is 4.79 Å². The van der Waals surface area contributed by atoms with Crippen molar-refractivity contribution in [3.05, 3.63) is 17.5 Å². The van der Waals surface area contributed by atoms with Gasteiger partial charge in [-0.2, -0.15) is 5.10 Å². The summed E-state index contributed by atoms with van der Waals surface area (Å²) in [5.41, 5.74) is 0.801. The zero-order chi connectivity index (χ0) is 16.2. The van der Waals surface area contributed by atoms with Crippen molar-refractivity contribution in [2.24, 2.45) is 11.3 Å². The number of aromatic nitrogens is 2. The molecule has 0 saturated carbocycles. The van der Waals surface area contributed by atoms with Crippen LogP contribution in [0.5, 0.6) is 0 Å². The van der Waals surface area contributed by atoms with Crippen molar-refractivity contribution < 1.29 is 18.3 Å². The number of carbonyl (C=O) groups excluding carboxylic acids is 1. The molecule has 2 heterocycles. The Labute approximate surface area is 129 Å². The summed E-state index contributed by atoms with van der Waals surface area (Å²) in [6, 6.07) is 1.70. The van der Waals surface area contributed by atoms with Gasteiger partial charge >= 0.3 is 5.97 Å². The molecule has 1 aromatic heterocycles. The molecular weight excluding hydrogens is 290 g/mol. The highest BCUT2D eigenvalue weighted by molar-refractivity contribution is 5.87. The van der Waals surface area contributed by atoms with Crippen molar-refractivity contribution in [3.8, 4) is 0 Å². The lowest BCUT2D eigenvalue weighted by Crippen LogP contribution is -2.33. The first-order chi connectivity index (χ1) is 10.5. The first kappa shape index (κ1) is 16.9. The highest BCUT2D eigenvalue weighted by atomic mass is 19.1. The fourth-order valence-corrected chi connectivity index (χ4v) is 2.98. The number of ether oxygens (including phenoxy) is 1. The van der Waals surface area contributed by atoms with Crippen LogP contribution in [0, 0.1) is 11.3 Å². The Morgan fingerprint density at radius 3 is 2.68 bits per heavy atom. The van der Waals surface area contributed by atoms with Gasteiger partial charge in [-0.3, -0.25) is 13.5 Å². The van der Waals surface area contributed by atoms with Gasteiger partial charge < -0.3 is 4.74 Å². The number of halogens is 2. The van der Waals surface area contributed by atoms with Crippen LogP contribution in [-0.2, 0) is 17.7 Å². The molecule has 22 heavy (non-hydrogen) atoms. The Morgan fingerprint density at radius 2 is 2.09 bits per heavy atom. The molecule has 0 unspecified atom stereocenters. The van der Waals surface area contributed by atoms with E-state index in [0.29, 0.717) is 38.8 Å². The number of fused-ring (bicyclic) bond motifs is 1. The molecule has 0 bridgehead atoms. The minimum Gasteiger partial charge on any atom is -0.461 e. The SMILES string of the molecule is CC(C)COC(=O)c1cc2n(n1)CCC(CCF)(CCF)C2. The average molecular weight is 314 g/mol. The van der Waals surface area contributed by atoms with Crippen molar-refractivity contribution in [1.29, 1.82) is 0 Å². The molecule has 0 saturated heterocycles. The van der Waals surface area contributed by atoms with Crippen LogP contribution in [0.1, 0.15) is 49.3 Å². The predicted octanol–water partition coefficient (Wildman–Crippen LogP) is 3.35. The topological polar surface area (TPSA) is 44.1 Å². The van der Waals surface area contributed by atoms with E-state index in [2.05, 4.69) is 5.10 Å². The summed E-state index contributed by atoms with van der Waals surface area (Å²) >= 11 is 0. The maximum Gasteiger partial charge on any atom is 0.358 e. The molecule has 1 aliphatic heterocycles. The van der Waals surface area contributed by atoms with Crippen LogP contribution < -0.4 is 0 Å². The van der Waals surface area contributed by atoms with Crippen LogP contribution in [0.15, 0.2) is 6.07 Å². The number of hydrogen-bond donors (Lipinski definition) is 0. The first-order valence-corrected chi connectivity index (χ1v) is 7.85. The Bertz CT molecular complexity index is 508. The molecule has 124 valence electrons. The number of rotatable bonds is 7. The molecule has 4 nitrogen and oxygen atoms in total. The number of nitrogens with zero attached hydrogens (tertiary/aromatic N) is 2. The van der Waals surface area contributed by atoms with Gasteiger partial charge in [0.2, 0.25) is 0 Å². The minimum atomic E-state index is -0.447. The highest BCUT2D eigenvalue weighted by Gasteiger charge is 2.35. The maximum atomic E-state index is 12.8. The van der Waals surface area contributed by atoms with E-state index in [0.717, 1.165) is 5.69 Å². The minimum absolute atomic E-state index is 0.267. The van der Waals surface area contributed by atoms with Crippen LogP contribution in [0.4, 0.5) is 8.78 Å². The van der Waals surface area contributed by atoms with E-state index in [1.54, 1.807) is 10.7 Å². The smallest absolute Gasteiger partial charge is 0.358 e. The standard InChI is InChI=1S/C16H24F2N2O2/c1-12(2)11-22-15(21)14-9-13-10-16(3-6-17,4-7-18)5-8-20(13)19-14/h9,12H,3-8,10-11H2,1-2H3. The summed E-state index contributed by atoms with van der Waals surface area (Å²) in [6.45, 7) is 3.98. The lowest BCUT2D eigenvalue weighted by Gasteiger charge is -2.36. The van der Waals surface area contributed by atoms with Crippen LogP contribution >= 0.6 is 0 Å². The fraction of sp³-hybridized carbons (Fsp3) is 0.750. The molecule has 0 N–H and O–H groups in total. The third kappa shape index (κ3) is 3.84. The van der Waals surface area contributed by atoms with E-state index < -0.39 is 19.3 Å². The van der Waals surface area contributed by atoms with Crippen LogP contribution in [0.3, 0.4) is 0 Å². The molecule has 0 amide bonds. The molecule has 2 rings (SSSR count). The Kier molecular flexibility index (Phi) is 5.53. The van der Waals surface area contributed by atoms with Gasteiger partial charge in [0.05, 0.1) is 20.0 Å². The van der Waals surface area contributed by atoms with Crippen LogP contribution in [0.2, 0.25) is 0 Å². The molecule has 1 aliphatic rings. The third-order valence-electron chi connectivity index (χ3n) is 4.28. The van der Waals surface area contributed by atoms with Crippen molar-refractivity contribution in [2.45, 2.75) is 46.1 Å². The summed E-state index contributed by atoms with van der Waals surface area (Å²) in [4.78, 5) is 12.0. The molecule has 6 heteroatoms. The van der Waals surface area contributed by atoms with Gasteiger partial charge in [-0.05, 0) is 43.1 Å². The van der Waals surface area contributed by atoms with Crippen molar-refractivity contribution in [1.82, 2.24) is 9.78 Å². The zero-order valence-electron chi connectivity index (χ0n) is 13.3. The lowest BCUT2D eigenvalue weighted by molar-refractivity contribution is 0.0451. The summed E-state index contributed by atoms with van der Waals surface area (Å²) in [7, 11) is 0. The molecule has 0 radical (unpaired) electrons. The molecule has 1 aromatic rings. The molecule has 0 spiro atoms. The second-order valence-electron chi connectivity index (χ2n) is 6.54. The van der Waals surface area contributed by atoms with Gasteiger partial charge in [0.15, 0.2) is 5.69 Å². The summed E-state index contributed by atoms with van der Waals surface area (Å²) in [6.07, 6.45) is 1.96. The monoisotopic (exact) mass is 314 g/mol. The molecule has 0 aliphatic carbocycles. The average Bonchev–Trinajstić information content (AvgIpc) is 2.88. The zero-order valence-corrected chi connectivity index (χ0v) is 13.3. The van der Waals surface area contributed by atoms with Crippen LogP contribution in [0.25, 0.3) is 0 Å². The highest BCUT2D eigenvalue weighted by Crippen LogP contribution is 2.39. The van der Waals surface area contributed by atoms with Crippen molar-refractivity contribution in [2.75, 3.05) is 20.0 Å². The van der Waals surface area contributed by atoms with Crippen LogP contribution in [-0.4, -0.2) is 35.7 Å². The second kappa shape index (κ2) is 7.20. The summed E-state index contributed by atoms with van der Waals surface area (Å²) in [5.74, 6) is -0.167. The lowest BCUT2D eigenvalue weighted by atomic mass is 9.73. The van der Waals surface area contributed by atoms with Gasteiger partial charge in [-0.1, -0.05) is 13.8 Å². The van der Waals surface area contributed by atoms with E-state index in [9.17, 15) is 13.6 Å². The molecular formula is C16H24F2N2O2. The number of hydrogen-bond acceptors (Lipinski definition) is 3. The molecule has 0 fully saturated rings. The van der Waals surface area contributed by atoms with Crippen molar-refractivity contribution >= 4 is 5.97 Å². The molecule has 0 atom stereocenters. The number of alkyl halides is 2. The number of carbonyl (C=O) groups is 1. The quantitative estimate of drug-likeness (QED) is 0.725.